The molecule has 0 aromatic carbocycles. The maximum Gasteiger partial charge on any atom is 0.305 e. The van der Waals surface area contributed by atoms with Crippen molar-refractivity contribution < 1.29 is 19.8 Å². The molecule has 0 aliphatic carbocycles. The predicted molar refractivity (Wildman–Crippen MR) is 134 cm³/mol. The molecule has 34 heavy (non-hydrogen) atoms. The molecule has 180 valence electrons. The zero-order valence-electron chi connectivity index (χ0n) is 18.6. The van der Waals surface area contributed by atoms with E-state index in [-0.39, 0.29) is 39.9 Å². The third-order valence-corrected chi connectivity index (χ3v) is 7.15. The number of anilines is 1. The van der Waals surface area contributed by atoms with Gasteiger partial charge in [0.1, 0.15) is 15.8 Å². The molecule has 2 aromatic heterocycles. The Morgan fingerprint density at radius 2 is 1.94 bits per heavy atom. The number of carboxylic acid groups (broad SMARTS) is 1. The van der Waals surface area contributed by atoms with Gasteiger partial charge < -0.3 is 15.1 Å². The summed E-state index contributed by atoms with van der Waals surface area (Å²) in [7, 11) is 0. The summed E-state index contributed by atoms with van der Waals surface area (Å²) in [6.07, 6.45) is 3.02. The van der Waals surface area contributed by atoms with E-state index in [0.29, 0.717) is 44.2 Å². The lowest BCUT2D eigenvalue weighted by atomic mass is 10.2. The Morgan fingerprint density at radius 3 is 2.62 bits per heavy atom. The number of β-amino-alcohol motifs (C(OH)–C–C–N with tert-alkyl or cyclic N) is 1. The summed E-state index contributed by atoms with van der Waals surface area (Å²) in [5.74, 6) is -0.940. The number of piperazine rings is 1. The fraction of sp³-hybridized carbons (Fsp3) is 0.409. The van der Waals surface area contributed by atoms with Gasteiger partial charge in [-0.05, 0) is 24.6 Å². The minimum atomic E-state index is -1.02. The number of thioether (sulfide) groups is 1. The van der Waals surface area contributed by atoms with Crippen molar-refractivity contribution in [3.63, 3.8) is 0 Å². The van der Waals surface area contributed by atoms with Crippen LogP contribution in [-0.2, 0) is 9.59 Å². The molecule has 0 spiro atoms. The first kappa shape index (κ1) is 24.3. The summed E-state index contributed by atoms with van der Waals surface area (Å²) in [4.78, 5) is 47.9. The van der Waals surface area contributed by atoms with Crippen molar-refractivity contribution in [1.29, 1.82) is 0 Å². The summed E-state index contributed by atoms with van der Waals surface area (Å²) in [5, 5.41) is 18.2. The van der Waals surface area contributed by atoms with Crippen LogP contribution in [-0.4, -0.2) is 91.5 Å². The Morgan fingerprint density at radius 1 is 1.21 bits per heavy atom. The molecule has 2 aliphatic heterocycles. The highest BCUT2D eigenvalue weighted by molar-refractivity contribution is 8.26. The normalized spacial score (nSPS) is 18.5. The number of carbonyl (C=O) groups excluding carboxylic acids is 1. The maximum atomic E-state index is 13.5. The van der Waals surface area contributed by atoms with Crippen molar-refractivity contribution in [3.8, 4) is 0 Å². The average molecular weight is 504 g/mol. The molecule has 2 N–H and O–H groups in total. The summed E-state index contributed by atoms with van der Waals surface area (Å²) in [6.45, 7) is 5.21. The summed E-state index contributed by atoms with van der Waals surface area (Å²) >= 11 is 6.34. The third kappa shape index (κ3) is 4.99. The molecule has 0 bridgehead atoms. The zero-order chi connectivity index (χ0) is 24.4. The smallest absolute Gasteiger partial charge is 0.305 e. The number of aryl methyl sites for hydroxylation is 1. The maximum absolute atomic E-state index is 13.5. The van der Waals surface area contributed by atoms with Gasteiger partial charge in [0.25, 0.3) is 11.5 Å². The van der Waals surface area contributed by atoms with Crippen molar-refractivity contribution in [1.82, 2.24) is 19.2 Å². The Labute approximate surface area is 205 Å². The number of thiocarbonyl (C=S) groups is 1. The first-order chi connectivity index (χ1) is 16.3. The number of fused-ring (bicyclic) bond motifs is 1. The minimum Gasteiger partial charge on any atom is -0.481 e. The predicted octanol–water partition coefficient (Wildman–Crippen LogP) is 0.793. The fourth-order valence-corrected chi connectivity index (χ4v) is 5.26. The Kier molecular flexibility index (Phi) is 7.31. The highest BCUT2D eigenvalue weighted by Gasteiger charge is 2.33. The van der Waals surface area contributed by atoms with E-state index in [1.54, 1.807) is 12.3 Å². The van der Waals surface area contributed by atoms with Gasteiger partial charge in [-0.2, -0.15) is 0 Å². The number of amides is 1. The van der Waals surface area contributed by atoms with Crippen LogP contribution >= 0.6 is 24.0 Å². The minimum absolute atomic E-state index is 0.0227. The van der Waals surface area contributed by atoms with Crippen LogP contribution in [0.3, 0.4) is 0 Å². The van der Waals surface area contributed by atoms with Crippen LogP contribution in [0.4, 0.5) is 5.82 Å². The number of aromatic nitrogens is 2. The van der Waals surface area contributed by atoms with Crippen molar-refractivity contribution in [2.45, 2.75) is 13.3 Å². The molecule has 0 saturated carbocycles. The van der Waals surface area contributed by atoms with E-state index in [0.717, 1.165) is 17.3 Å². The molecule has 2 fully saturated rings. The second kappa shape index (κ2) is 10.2. The second-order valence-electron chi connectivity index (χ2n) is 8.12. The number of pyridine rings is 1. The van der Waals surface area contributed by atoms with Crippen LogP contribution in [0.1, 0.15) is 17.5 Å². The van der Waals surface area contributed by atoms with E-state index in [4.69, 9.17) is 22.3 Å². The molecule has 1 amide bonds. The van der Waals surface area contributed by atoms with Gasteiger partial charge in [0, 0.05) is 45.5 Å². The topological polar surface area (TPSA) is 119 Å². The number of rotatable bonds is 7. The van der Waals surface area contributed by atoms with E-state index >= 15 is 0 Å². The summed E-state index contributed by atoms with van der Waals surface area (Å²) in [5.41, 5.74) is 1.40. The number of carboxylic acids is 1. The van der Waals surface area contributed by atoms with Crippen LogP contribution in [0, 0.1) is 6.92 Å². The van der Waals surface area contributed by atoms with Crippen molar-refractivity contribution in [3.05, 3.63) is 44.7 Å². The van der Waals surface area contributed by atoms with E-state index in [9.17, 15) is 19.5 Å². The van der Waals surface area contributed by atoms with Crippen LogP contribution < -0.4 is 10.5 Å². The molecule has 12 heteroatoms. The van der Waals surface area contributed by atoms with Gasteiger partial charge in [-0.1, -0.05) is 30.0 Å². The van der Waals surface area contributed by atoms with E-state index in [1.807, 2.05) is 17.9 Å². The van der Waals surface area contributed by atoms with Gasteiger partial charge in [0.2, 0.25) is 0 Å². The van der Waals surface area contributed by atoms with Gasteiger partial charge >= 0.3 is 5.97 Å². The molecule has 2 saturated heterocycles. The van der Waals surface area contributed by atoms with Crippen molar-refractivity contribution in [2.75, 3.05) is 50.8 Å². The highest BCUT2D eigenvalue weighted by atomic mass is 32.2. The SMILES string of the molecule is Cc1ccc2nc(N3CCN(CCO)CC3)c(/C=C3/SC(=S)N(CCC(=O)O)C3=O)c(=O)n2c1. The number of aliphatic carboxylic acids is 1. The lowest BCUT2D eigenvalue weighted by Gasteiger charge is -2.35. The first-order valence-corrected chi connectivity index (χ1v) is 12.1. The Balaban J connectivity index is 1.75. The molecule has 10 nitrogen and oxygen atoms in total. The molecule has 2 aromatic rings. The van der Waals surface area contributed by atoms with Gasteiger partial charge in [-0.25, -0.2) is 4.98 Å². The quantitative estimate of drug-likeness (QED) is 0.415. The Bertz CT molecular complexity index is 1240. The van der Waals surface area contributed by atoms with Crippen LogP contribution in [0.25, 0.3) is 11.7 Å². The molecule has 2 aliphatic rings. The summed E-state index contributed by atoms with van der Waals surface area (Å²) in [6, 6.07) is 3.68. The lowest BCUT2D eigenvalue weighted by molar-refractivity contribution is -0.137. The molecule has 0 unspecified atom stereocenters. The largest absolute Gasteiger partial charge is 0.481 e. The summed E-state index contributed by atoms with van der Waals surface area (Å²) < 4.78 is 1.74. The van der Waals surface area contributed by atoms with Crippen molar-refractivity contribution >= 4 is 57.7 Å². The number of hydrogen-bond donors (Lipinski definition) is 2. The number of aliphatic hydroxyl groups is 1. The number of nitrogens with zero attached hydrogens (tertiary/aromatic N) is 5. The van der Waals surface area contributed by atoms with E-state index < -0.39 is 11.9 Å². The standard InChI is InChI=1S/C22H25N5O5S2/c1-14-2-3-17-23-19(25-8-6-24(7-9-25)10-11-28)15(20(31)27(17)13-14)12-16-21(32)26(22(33)34-16)5-4-18(29)30/h2-3,12-13,28H,4-11H2,1H3,(H,29,30)/b16-12+. The molecule has 4 rings (SSSR count). The van der Waals surface area contributed by atoms with Crippen LogP contribution in [0.5, 0.6) is 0 Å². The molecule has 0 radical (unpaired) electrons. The average Bonchev–Trinajstić information content (AvgIpc) is 3.07. The van der Waals surface area contributed by atoms with Gasteiger partial charge in [0.15, 0.2) is 0 Å². The lowest BCUT2D eigenvalue weighted by Crippen LogP contribution is -2.48. The van der Waals surface area contributed by atoms with Gasteiger partial charge in [0.05, 0.1) is 23.5 Å². The van der Waals surface area contributed by atoms with Gasteiger partial charge in [-0.15, -0.1) is 0 Å². The highest BCUT2D eigenvalue weighted by Crippen LogP contribution is 2.33. The first-order valence-electron chi connectivity index (χ1n) is 10.9. The van der Waals surface area contributed by atoms with Crippen molar-refractivity contribution in [2.24, 2.45) is 0 Å². The molecule has 4 heterocycles. The fourth-order valence-electron chi connectivity index (χ4n) is 3.97. The van der Waals surface area contributed by atoms with Gasteiger partial charge in [-0.3, -0.25) is 28.6 Å². The Hall–Kier alpha value is -2.80. The van der Waals surface area contributed by atoms with Crippen LogP contribution in [0.15, 0.2) is 28.0 Å². The second-order valence-corrected chi connectivity index (χ2v) is 9.79. The molecule has 0 atom stereocenters. The number of aliphatic hydroxyl groups excluding tert-OH is 1. The molecular weight excluding hydrogens is 478 g/mol. The third-order valence-electron chi connectivity index (χ3n) is 5.77. The number of hydrogen-bond acceptors (Lipinski definition) is 9. The van der Waals surface area contributed by atoms with E-state index in [2.05, 4.69) is 4.90 Å². The monoisotopic (exact) mass is 503 g/mol. The van der Waals surface area contributed by atoms with Crippen LogP contribution in [0.2, 0.25) is 0 Å². The number of carbonyl (C=O) groups is 2. The van der Waals surface area contributed by atoms with E-state index in [1.165, 1.54) is 15.4 Å². The zero-order valence-corrected chi connectivity index (χ0v) is 20.3. The molecular formula is C22H25N5O5S2.